The first-order chi connectivity index (χ1) is 27.5. The van der Waals surface area contributed by atoms with Crippen LogP contribution in [-0.2, 0) is 37.4 Å². The van der Waals surface area contributed by atoms with Gasteiger partial charge in [-0.1, -0.05) is 127 Å². The number of allylic oxidation sites excluding steroid dienone is 7. The maximum Gasteiger partial charge on any atom is 0.306 e. The maximum atomic E-state index is 12.7. The van der Waals surface area contributed by atoms with E-state index < -0.39 is 32.5 Å². The Balaban J connectivity index is 2.34. The first kappa shape index (κ1) is 52.9. The molecule has 0 saturated carbocycles. The third-order valence-electron chi connectivity index (χ3n) is 9.75. The molecule has 0 spiro atoms. The van der Waals surface area contributed by atoms with E-state index >= 15 is 0 Å². The first-order valence-corrected chi connectivity index (χ1v) is 23.9. The zero-order chi connectivity index (χ0) is 41.9. The molecular weight excluding hydrogens is 741 g/mol. The second-order valence-electron chi connectivity index (χ2n) is 16.4. The van der Waals surface area contributed by atoms with Gasteiger partial charge in [-0.05, 0) is 77.0 Å². The average Bonchev–Trinajstić information content (AvgIpc) is 3.91. The number of phosphoric acid groups is 1. The number of carbonyl (C=O) groups is 2. The summed E-state index contributed by atoms with van der Waals surface area (Å²) in [5.41, 5.74) is 0. The number of likely N-dealkylation sites (N-methyl/N-ethyl adjacent to an activating group) is 1. The molecule has 1 rings (SSSR count). The number of rotatable bonds is 39. The molecule has 1 aliphatic rings. The molecule has 3 unspecified atom stereocenters. The molecule has 330 valence electrons. The van der Waals surface area contributed by atoms with Crippen molar-refractivity contribution >= 4 is 19.8 Å². The lowest BCUT2D eigenvalue weighted by atomic mass is 10.1. The number of unbranched alkanes of at least 4 members (excludes halogenated alkanes) is 14. The van der Waals surface area contributed by atoms with E-state index in [1.165, 1.54) is 70.6 Å². The highest BCUT2D eigenvalue weighted by molar-refractivity contribution is 7.45. The van der Waals surface area contributed by atoms with Gasteiger partial charge in [-0.2, -0.15) is 0 Å². The second kappa shape index (κ2) is 34.8. The summed E-state index contributed by atoms with van der Waals surface area (Å²) in [7, 11) is 1.11. The number of nitrogens with zero attached hydrogens (tertiary/aromatic N) is 1. The summed E-state index contributed by atoms with van der Waals surface area (Å²) >= 11 is 0. The zero-order valence-electron chi connectivity index (χ0n) is 36.7. The summed E-state index contributed by atoms with van der Waals surface area (Å²) in [4.78, 5) is 37.7. The normalized spacial score (nSPS) is 17.6. The van der Waals surface area contributed by atoms with Crippen molar-refractivity contribution in [3.8, 4) is 0 Å². The molecule has 0 amide bonds. The lowest BCUT2D eigenvalue weighted by Gasteiger charge is -2.28. The molecule has 0 radical (unpaired) electrons. The topological polar surface area (TPSA) is 124 Å². The van der Waals surface area contributed by atoms with Crippen LogP contribution in [0.4, 0.5) is 0 Å². The third kappa shape index (κ3) is 35.6. The van der Waals surface area contributed by atoms with E-state index in [4.69, 9.17) is 23.3 Å². The van der Waals surface area contributed by atoms with Crippen LogP contribution in [0.2, 0.25) is 0 Å². The fourth-order valence-electron chi connectivity index (χ4n) is 6.09. The quantitative estimate of drug-likeness (QED) is 0.0149. The maximum absolute atomic E-state index is 12.7. The van der Waals surface area contributed by atoms with Gasteiger partial charge in [-0.25, -0.2) is 0 Å². The number of ether oxygens (including phenoxy) is 3. The predicted octanol–water partition coefficient (Wildman–Crippen LogP) is 11.0. The molecule has 0 aliphatic carbocycles. The molecule has 0 aromatic heterocycles. The van der Waals surface area contributed by atoms with Gasteiger partial charge in [0.05, 0.1) is 40.0 Å². The summed E-state index contributed by atoms with van der Waals surface area (Å²) in [5.74, 6) is -0.922. The van der Waals surface area contributed by atoms with E-state index in [0.29, 0.717) is 23.9 Å². The van der Waals surface area contributed by atoms with Crippen LogP contribution >= 0.6 is 7.82 Å². The Morgan fingerprint density at radius 3 is 1.82 bits per heavy atom. The molecule has 0 aromatic carbocycles. The summed E-state index contributed by atoms with van der Waals surface area (Å²) < 4.78 is 39.7. The number of esters is 2. The van der Waals surface area contributed by atoms with Gasteiger partial charge in [0.2, 0.25) is 0 Å². The number of hydrogen-bond donors (Lipinski definition) is 0. The van der Waals surface area contributed by atoms with E-state index in [1.54, 1.807) is 0 Å². The number of quaternary nitrogens is 1. The Morgan fingerprint density at radius 2 is 1.18 bits per heavy atom. The number of carbonyl (C=O) groups excluding carboxylic acids is 2. The minimum atomic E-state index is -4.65. The van der Waals surface area contributed by atoms with Gasteiger partial charge in [0.1, 0.15) is 19.8 Å². The minimum Gasteiger partial charge on any atom is -0.756 e. The minimum absolute atomic E-state index is 0.0459. The van der Waals surface area contributed by atoms with Crippen LogP contribution in [0.5, 0.6) is 0 Å². The fourth-order valence-corrected chi connectivity index (χ4v) is 6.82. The van der Waals surface area contributed by atoms with Crippen molar-refractivity contribution in [1.82, 2.24) is 0 Å². The number of hydrogen-bond acceptors (Lipinski definition) is 9. The van der Waals surface area contributed by atoms with Gasteiger partial charge < -0.3 is 32.6 Å². The summed E-state index contributed by atoms with van der Waals surface area (Å²) in [6.07, 6.45) is 41.5. The van der Waals surface area contributed by atoms with E-state index in [0.717, 1.165) is 57.8 Å². The Kier molecular flexibility index (Phi) is 32.3. The van der Waals surface area contributed by atoms with Crippen LogP contribution in [0.25, 0.3) is 0 Å². The molecule has 10 nitrogen and oxygen atoms in total. The highest BCUT2D eigenvalue weighted by atomic mass is 31.2. The van der Waals surface area contributed by atoms with Crippen LogP contribution in [0.1, 0.15) is 168 Å². The molecule has 57 heavy (non-hydrogen) atoms. The van der Waals surface area contributed by atoms with E-state index in [-0.39, 0.29) is 38.3 Å². The fraction of sp³-hybridized carbons (Fsp3) is 0.783. The van der Waals surface area contributed by atoms with E-state index in [1.807, 2.05) is 21.1 Å². The molecule has 1 heterocycles. The van der Waals surface area contributed by atoms with Crippen LogP contribution < -0.4 is 4.89 Å². The van der Waals surface area contributed by atoms with Crippen molar-refractivity contribution in [2.75, 3.05) is 47.5 Å². The van der Waals surface area contributed by atoms with Crippen molar-refractivity contribution in [3.05, 3.63) is 48.6 Å². The van der Waals surface area contributed by atoms with Crippen molar-refractivity contribution in [1.29, 1.82) is 0 Å². The van der Waals surface area contributed by atoms with Gasteiger partial charge in [0.15, 0.2) is 6.10 Å². The molecule has 0 aromatic rings. The Hall–Kier alpha value is -2.07. The first-order valence-electron chi connectivity index (χ1n) is 22.5. The van der Waals surface area contributed by atoms with Crippen LogP contribution in [0, 0.1) is 0 Å². The van der Waals surface area contributed by atoms with Crippen molar-refractivity contribution in [2.24, 2.45) is 0 Å². The summed E-state index contributed by atoms with van der Waals surface area (Å²) in [5, 5.41) is 0. The molecule has 4 atom stereocenters. The Morgan fingerprint density at radius 1 is 0.649 bits per heavy atom. The molecule has 1 fully saturated rings. The van der Waals surface area contributed by atoms with Crippen LogP contribution in [0.3, 0.4) is 0 Å². The van der Waals surface area contributed by atoms with E-state index in [9.17, 15) is 19.0 Å². The third-order valence-corrected chi connectivity index (χ3v) is 10.7. The SMILES string of the molecule is CCCCC/C=C\C/C=C\C/C=C\CC1OC1CCCC(=O)OC[C@H](COP(=O)([O-])OCC[N+](C)(C)C)OC(=O)CCCCCCC/C=C\CCCCCCCC. The van der Waals surface area contributed by atoms with Gasteiger partial charge in [0.25, 0.3) is 7.82 Å². The molecular formula is C46H82NO9P. The van der Waals surface area contributed by atoms with Gasteiger partial charge in [0, 0.05) is 12.8 Å². The monoisotopic (exact) mass is 824 g/mol. The molecule has 0 bridgehead atoms. The Labute approximate surface area is 348 Å². The van der Waals surface area contributed by atoms with Crippen molar-refractivity contribution in [2.45, 2.75) is 186 Å². The highest BCUT2D eigenvalue weighted by Crippen LogP contribution is 2.38. The Bertz CT molecular complexity index is 1180. The smallest absolute Gasteiger partial charge is 0.306 e. The largest absolute Gasteiger partial charge is 0.756 e. The van der Waals surface area contributed by atoms with Crippen LogP contribution in [-0.4, -0.2) is 82.2 Å². The van der Waals surface area contributed by atoms with Gasteiger partial charge >= 0.3 is 11.9 Å². The average molecular weight is 824 g/mol. The molecule has 1 saturated heterocycles. The number of epoxide rings is 1. The zero-order valence-corrected chi connectivity index (χ0v) is 37.6. The lowest BCUT2D eigenvalue weighted by molar-refractivity contribution is -0.870. The molecule has 0 N–H and O–H groups in total. The second-order valence-corrected chi connectivity index (χ2v) is 17.9. The molecule has 1 aliphatic heterocycles. The summed E-state index contributed by atoms with van der Waals surface area (Å²) in [6.45, 7) is 4.09. The standard InChI is InChI=1S/C46H82NO9P/c1-6-8-10-12-14-16-18-20-21-22-24-26-28-30-32-36-46(49)55-42(41-54-57(50,51)53-39-38-47(3,4)5)40-52-45(48)37-33-35-44-43(56-44)34-31-29-27-25-23-19-17-15-13-11-9-7-2/h15,17,20-21,23,25,29,31,42-44H,6-14,16,18-19,22,24,26-28,30,32-41H2,1-5H3/b17-15-,21-20-,25-23-,31-29-/t42-,43?,44?/m1/s1. The van der Waals surface area contributed by atoms with Gasteiger partial charge in [-0.15, -0.1) is 0 Å². The lowest BCUT2D eigenvalue weighted by Crippen LogP contribution is -2.37. The summed E-state index contributed by atoms with van der Waals surface area (Å²) in [6, 6.07) is 0. The molecule has 11 heteroatoms. The number of phosphoric ester groups is 1. The van der Waals surface area contributed by atoms with Crippen LogP contribution in [0.15, 0.2) is 48.6 Å². The van der Waals surface area contributed by atoms with E-state index in [2.05, 4.69) is 62.5 Å². The highest BCUT2D eigenvalue weighted by Gasteiger charge is 2.36. The van der Waals surface area contributed by atoms with Gasteiger partial charge in [-0.3, -0.25) is 14.2 Å². The van der Waals surface area contributed by atoms with Crippen molar-refractivity contribution < 1.29 is 46.8 Å². The van der Waals surface area contributed by atoms with Crippen molar-refractivity contribution in [3.63, 3.8) is 0 Å². The predicted molar refractivity (Wildman–Crippen MR) is 231 cm³/mol.